The molecule has 138 valence electrons. The van der Waals surface area contributed by atoms with E-state index >= 15 is 0 Å². The second kappa shape index (κ2) is 10.6. The molecule has 1 heterocycles. The van der Waals surface area contributed by atoms with Crippen LogP contribution in [-0.2, 0) is 0 Å². The maximum atomic E-state index is 4.18. The van der Waals surface area contributed by atoms with Crippen molar-refractivity contribution >= 4 is 28.5 Å². The van der Waals surface area contributed by atoms with Gasteiger partial charge in [-0.15, -0.1) is 0 Å². The van der Waals surface area contributed by atoms with Gasteiger partial charge in [0.15, 0.2) is 0 Å². The Morgan fingerprint density at radius 3 is 2.64 bits per heavy atom. The zero-order valence-corrected chi connectivity index (χ0v) is 16.8. The number of hydrogen-bond acceptors (Lipinski definition) is 5. The normalized spacial score (nSPS) is 16.2. The predicted octanol–water partition coefficient (Wildman–Crippen LogP) is 4.64. The quantitative estimate of drug-likeness (QED) is 0.813. The monoisotopic (exact) mass is 360 g/mol. The lowest BCUT2D eigenvalue weighted by molar-refractivity contribution is 0.354. The lowest BCUT2D eigenvalue weighted by Crippen LogP contribution is -2.39. The number of thioether (sulfide) groups is 1. The molecule has 0 aliphatic heterocycles. The molecule has 25 heavy (non-hydrogen) atoms. The van der Waals surface area contributed by atoms with Gasteiger partial charge in [0, 0.05) is 30.3 Å². The van der Waals surface area contributed by atoms with Gasteiger partial charge in [0.2, 0.25) is 0 Å². The second-order valence-corrected chi connectivity index (χ2v) is 7.76. The molecule has 0 radical (unpaired) electrons. The molecule has 4 nitrogen and oxygen atoms in total. The Hall–Kier alpha value is -1.33. The van der Waals surface area contributed by atoms with E-state index in [2.05, 4.69) is 52.8 Å². The summed E-state index contributed by atoms with van der Waals surface area (Å²) in [7, 11) is 1.87. The van der Waals surface area contributed by atoms with E-state index in [0.29, 0.717) is 6.04 Å². The number of aromatic nitrogens is 2. The van der Waals surface area contributed by atoms with E-state index in [1.165, 1.54) is 43.4 Å². The maximum Gasteiger partial charge on any atom is 0.137 e. The van der Waals surface area contributed by atoms with Crippen molar-refractivity contribution in [1.29, 1.82) is 0 Å². The third-order valence-corrected chi connectivity index (χ3v) is 5.40. The highest BCUT2D eigenvalue weighted by Crippen LogP contribution is 2.19. The Morgan fingerprint density at radius 1 is 1.20 bits per heavy atom. The average Bonchev–Trinajstić information content (AvgIpc) is 2.62. The van der Waals surface area contributed by atoms with Crippen LogP contribution in [0.2, 0.25) is 0 Å². The molecule has 1 aromatic heterocycles. The van der Waals surface area contributed by atoms with E-state index in [1.807, 2.05) is 24.9 Å². The van der Waals surface area contributed by atoms with Crippen molar-refractivity contribution < 1.29 is 0 Å². The molecule has 0 spiro atoms. The first-order chi connectivity index (χ1) is 12.1. The molecule has 1 atom stereocenters. The number of rotatable bonds is 5. The molecule has 0 bridgehead atoms. The Kier molecular flexibility index (Phi) is 8.49. The summed E-state index contributed by atoms with van der Waals surface area (Å²) in [4.78, 5) is 8.32. The highest BCUT2D eigenvalue weighted by molar-refractivity contribution is 7.98. The van der Waals surface area contributed by atoms with Crippen LogP contribution in [0.25, 0.3) is 10.9 Å². The number of nitrogens with zero attached hydrogens (tertiary/aromatic N) is 2. The van der Waals surface area contributed by atoms with Gasteiger partial charge in [-0.3, -0.25) is 0 Å². The Labute approximate surface area is 156 Å². The smallest absolute Gasteiger partial charge is 0.137 e. The molecule has 2 aromatic rings. The first kappa shape index (κ1) is 20.0. The summed E-state index contributed by atoms with van der Waals surface area (Å²) in [6.07, 6.45) is 10.9. The van der Waals surface area contributed by atoms with E-state index < -0.39 is 0 Å². The molecular weight excluding hydrogens is 328 g/mol. The fraction of sp³-hybridized carbons (Fsp3) is 0.600. The zero-order valence-electron chi connectivity index (χ0n) is 16.0. The molecule has 3 rings (SSSR count). The van der Waals surface area contributed by atoms with Crippen molar-refractivity contribution in [3.8, 4) is 0 Å². The third kappa shape index (κ3) is 6.48. The van der Waals surface area contributed by atoms with Crippen LogP contribution in [0.3, 0.4) is 0 Å². The van der Waals surface area contributed by atoms with E-state index in [4.69, 9.17) is 0 Å². The summed E-state index contributed by atoms with van der Waals surface area (Å²) < 4.78 is 0. The van der Waals surface area contributed by atoms with Gasteiger partial charge in [-0.25, -0.2) is 9.97 Å². The number of hydrogen-bond donors (Lipinski definition) is 2. The summed E-state index contributed by atoms with van der Waals surface area (Å²) in [5.74, 6) is 2.13. The fourth-order valence-corrected chi connectivity index (χ4v) is 3.94. The molecule has 1 aliphatic carbocycles. The largest absolute Gasteiger partial charge is 0.373 e. The van der Waals surface area contributed by atoms with Gasteiger partial charge in [0.1, 0.15) is 12.1 Å². The van der Waals surface area contributed by atoms with Crippen molar-refractivity contribution in [3.63, 3.8) is 0 Å². The van der Waals surface area contributed by atoms with Crippen molar-refractivity contribution in [2.24, 2.45) is 0 Å². The van der Waals surface area contributed by atoms with Crippen LogP contribution in [0.1, 0.15) is 44.6 Å². The highest BCUT2D eigenvalue weighted by atomic mass is 32.2. The van der Waals surface area contributed by atoms with Crippen LogP contribution in [-0.4, -0.2) is 41.1 Å². The molecule has 1 unspecified atom stereocenters. The number of benzene rings is 1. The van der Waals surface area contributed by atoms with Crippen LogP contribution in [0, 0.1) is 6.92 Å². The minimum Gasteiger partial charge on any atom is -0.373 e. The summed E-state index contributed by atoms with van der Waals surface area (Å²) in [6, 6.07) is 7.66. The molecule has 1 aliphatic rings. The van der Waals surface area contributed by atoms with Gasteiger partial charge < -0.3 is 10.6 Å². The molecule has 0 amide bonds. The van der Waals surface area contributed by atoms with Gasteiger partial charge in [0.25, 0.3) is 0 Å². The van der Waals surface area contributed by atoms with Gasteiger partial charge >= 0.3 is 0 Å². The summed E-state index contributed by atoms with van der Waals surface area (Å²) in [6.45, 7) is 4.36. The van der Waals surface area contributed by atoms with Gasteiger partial charge in [-0.1, -0.05) is 30.9 Å². The fourth-order valence-electron chi connectivity index (χ4n) is 3.34. The average molecular weight is 361 g/mol. The van der Waals surface area contributed by atoms with E-state index in [9.17, 15) is 0 Å². The Morgan fingerprint density at radius 2 is 1.96 bits per heavy atom. The number of aryl methyl sites for hydroxylation is 1. The second-order valence-electron chi connectivity index (χ2n) is 6.85. The van der Waals surface area contributed by atoms with E-state index in [1.54, 1.807) is 6.33 Å². The van der Waals surface area contributed by atoms with Gasteiger partial charge in [-0.05, 0) is 45.1 Å². The number of fused-ring (bicyclic) bond motifs is 1. The van der Waals surface area contributed by atoms with Crippen LogP contribution in [0.5, 0.6) is 0 Å². The number of anilines is 1. The molecule has 2 N–H and O–H groups in total. The van der Waals surface area contributed by atoms with Crippen molar-refractivity contribution in [2.45, 2.75) is 58.0 Å². The summed E-state index contributed by atoms with van der Waals surface area (Å²) in [5.41, 5.74) is 2.20. The number of nitrogens with one attached hydrogen (secondary N) is 2. The Bertz CT molecular complexity index is 641. The molecule has 0 saturated heterocycles. The first-order valence-electron chi connectivity index (χ1n) is 9.28. The van der Waals surface area contributed by atoms with Crippen LogP contribution in [0.15, 0.2) is 24.5 Å². The van der Waals surface area contributed by atoms with Gasteiger partial charge in [-0.2, -0.15) is 11.8 Å². The van der Waals surface area contributed by atoms with Gasteiger partial charge in [0.05, 0.1) is 5.52 Å². The minimum absolute atomic E-state index is 0.697. The minimum atomic E-state index is 0.697. The van der Waals surface area contributed by atoms with Crippen LogP contribution in [0.4, 0.5) is 5.82 Å². The van der Waals surface area contributed by atoms with Crippen LogP contribution < -0.4 is 10.6 Å². The standard InChI is InChI=1S/C10H11N3.C10H21NS/c1-7-3-4-9-8(5-7)10(11-2)13-6-12-9;1-9(8-12-2)11-10-6-4-3-5-7-10/h3-6H,1-2H3,(H,11,12,13);9-11H,3-8H2,1-2H3. The Balaban J connectivity index is 0.000000181. The van der Waals surface area contributed by atoms with Crippen LogP contribution >= 0.6 is 11.8 Å². The molecular formula is C20H32N4S. The SMILES string of the molecule is CNc1ncnc2ccc(C)cc12.CSCC(C)NC1CCCCC1. The lowest BCUT2D eigenvalue weighted by atomic mass is 9.95. The summed E-state index contributed by atoms with van der Waals surface area (Å²) >= 11 is 1.94. The summed E-state index contributed by atoms with van der Waals surface area (Å²) in [5, 5.41) is 7.82. The van der Waals surface area contributed by atoms with E-state index in [0.717, 1.165) is 22.8 Å². The predicted molar refractivity (Wildman–Crippen MR) is 112 cm³/mol. The third-order valence-electron chi connectivity index (χ3n) is 4.57. The lowest BCUT2D eigenvalue weighted by Gasteiger charge is -2.26. The highest BCUT2D eigenvalue weighted by Gasteiger charge is 2.14. The van der Waals surface area contributed by atoms with E-state index in [-0.39, 0.29) is 0 Å². The molecule has 1 saturated carbocycles. The molecule has 1 fully saturated rings. The van der Waals surface area contributed by atoms with Crippen molar-refractivity contribution in [2.75, 3.05) is 24.4 Å². The van der Waals surface area contributed by atoms with Crippen molar-refractivity contribution in [3.05, 3.63) is 30.1 Å². The topological polar surface area (TPSA) is 49.8 Å². The first-order valence-corrected chi connectivity index (χ1v) is 10.7. The molecule has 1 aromatic carbocycles. The zero-order chi connectivity index (χ0) is 18.1. The maximum absolute atomic E-state index is 4.18. The molecule has 5 heteroatoms. The van der Waals surface area contributed by atoms with Crippen molar-refractivity contribution in [1.82, 2.24) is 15.3 Å².